The average molecular weight is 282 g/mol. The molecule has 1 aliphatic rings. The first-order valence-corrected chi connectivity index (χ1v) is 7.49. The molecule has 20 heavy (non-hydrogen) atoms. The Hall–Kier alpha value is -1.00. The summed E-state index contributed by atoms with van der Waals surface area (Å²) in [5.74, 6) is 5.49. The minimum absolute atomic E-state index is 0.106. The van der Waals surface area contributed by atoms with E-state index in [1.165, 1.54) is 18.6 Å². The molecule has 2 nitrogen and oxygen atoms in total. The van der Waals surface area contributed by atoms with E-state index < -0.39 is 17.7 Å². The molecule has 0 heterocycles. The second kappa shape index (κ2) is 6.64. The summed E-state index contributed by atoms with van der Waals surface area (Å²) in [5, 5.41) is 0. The van der Waals surface area contributed by atoms with Crippen LogP contribution in [0.5, 0.6) is 0 Å². The first-order chi connectivity index (χ1) is 9.58. The Balaban J connectivity index is 2.30. The Kier molecular flexibility index (Phi) is 5.11. The molecule has 0 spiro atoms. The van der Waals surface area contributed by atoms with Crippen molar-refractivity contribution in [3.05, 3.63) is 34.9 Å². The molecule has 0 aromatic heterocycles. The highest BCUT2D eigenvalue weighted by molar-refractivity contribution is 5.29. The minimum atomic E-state index is -0.505. The van der Waals surface area contributed by atoms with Gasteiger partial charge in [-0.1, -0.05) is 32.3 Å². The molecule has 112 valence electrons. The number of hydrazine groups is 1. The van der Waals surface area contributed by atoms with Crippen LogP contribution in [0.25, 0.3) is 0 Å². The molecule has 0 amide bonds. The second-order valence-electron chi connectivity index (χ2n) is 5.94. The van der Waals surface area contributed by atoms with Crippen molar-refractivity contribution in [3.63, 3.8) is 0 Å². The molecule has 1 fully saturated rings. The van der Waals surface area contributed by atoms with Crippen LogP contribution in [0.1, 0.15) is 56.2 Å². The zero-order valence-corrected chi connectivity index (χ0v) is 12.3. The van der Waals surface area contributed by atoms with Crippen molar-refractivity contribution in [1.29, 1.82) is 0 Å². The summed E-state index contributed by atoms with van der Waals surface area (Å²) in [6, 6.07) is 2.36. The highest BCUT2D eigenvalue weighted by Gasteiger charge is 2.31. The molecule has 3 atom stereocenters. The van der Waals surface area contributed by atoms with E-state index in [0.29, 0.717) is 11.5 Å². The predicted octanol–water partition coefficient (Wildman–Crippen LogP) is 3.99. The Morgan fingerprint density at radius 3 is 2.75 bits per heavy atom. The number of hydrogen-bond donors (Lipinski definition) is 2. The van der Waals surface area contributed by atoms with E-state index in [0.717, 1.165) is 25.7 Å². The number of aryl methyl sites for hydroxylation is 1. The molecular weight excluding hydrogens is 258 g/mol. The van der Waals surface area contributed by atoms with Crippen LogP contribution in [-0.4, -0.2) is 0 Å². The lowest BCUT2D eigenvalue weighted by Crippen LogP contribution is -2.37. The van der Waals surface area contributed by atoms with Crippen molar-refractivity contribution in [1.82, 2.24) is 5.43 Å². The van der Waals surface area contributed by atoms with Crippen LogP contribution in [0.2, 0.25) is 0 Å². The fourth-order valence-electron chi connectivity index (χ4n) is 3.42. The van der Waals surface area contributed by atoms with Crippen molar-refractivity contribution in [2.24, 2.45) is 17.7 Å². The third-order valence-electron chi connectivity index (χ3n) is 4.68. The van der Waals surface area contributed by atoms with Crippen molar-refractivity contribution < 1.29 is 8.78 Å². The van der Waals surface area contributed by atoms with E-state index in [4.69, 9.17) is 5.84 Å². The summed E-state index contributed by atoms with van der Waals surface area (Å²) >= 11 is 0. The van der Waals surface area contributed by atoms with E-state index in [9.17, 15) is 8.78 Å². The standard InChI is InChI=1S/C16H24F2N2/c1-3-11-5-4-6-12(9-11)16(20-19)14-13(17)8-7-10(2)15(14)18/h7-8,11-12,16,20H,3-6,9,19H2,1-2H3. The topological polar surface area (TPSA) is 38.0 Å². The van der Waals surface area contributed by atoms with Crippen LogP contribution >= 0.6 is 0 Å². The zero-order chi connectivity index (χ0) is 14.7. The molecule has 1 aromatic rings. The molecule has 4 heteroatoms. The number of nitrogens with one attached hydrogen (secondary N) is 1. The number of nitrogens with two attached hydrogens (primary N) is 1. The van der Waals surface area contributed by atoms with E-state index in [2.05, 4.69) is 12.3 Å². The SMILES string of the molecule is CCC1CCCC(C(NN)c2c(F)ccc(C)c2F)C1. The van der Waals surface area contributed by atoms with Gasteiger partial charge in [0, 0.05) is 5.56 Å². The van der Waals surface area contributed by atoms with Crippen molar-refractivity contribution in [2.45, 2.75) is 52.0 Å². The molecule has 0 bridgehead atoms. The van der Waals surface area contributed by atoms with Gasteiger partial charge in [0.25, 0.3) is 0 Å². The summed E-state index contributed by atoms with van der Waals surface area (Å²) in [6.45, 7) is 3.83. The maximum atomic E-state index is 14.3. The Morgan fingerprint density at radius 1 is 1.35 bits per heavy atom. The molecule has 1 aromatic carbocycles. The average Bonchev–Trinajstić information content (AvgIpc) is 2.47. The highest BCUT2D eigenvalue weighted by atomic mass is 19.1. The second-order valence-corrected chi connectivity index (χ2v) is 5.94. The van der Waals surface area contributed by atoms with Crippen LogP contribution in [-0.2, 0) is 0 Å². The highest BCUT2D eigenvalue weighted by Crippen LogP contribution is 2.39. The Morgan fingerprint density at radius 2 is 2.10 bits per heavy atom. The largest absolute Gasteiger partial charge is 0.271 e. The van der Waals surface area contributed by atoms with Gasteiger partial charge < -0.3 is 0 Å². The van der Waals surface area contributed by atoms with Crippen LogP contribution in [0.3, 0.4) is 0 Å². The third kappa shape index (κ3) is 3.01. The van der Waals surface area contributed by atoms with Crippen molar-refractivity contribution >= 4 is 0 Å². The lowest BCUT2D eigenvalue weighted by atomic mass is 9.75. The van der Waals surface area contributed by atoms with Gasteiger partial charge >= 0.3 is 0 Å². The fraction of sp³-hybridized carbons (Fsp3) is 0.625. The minimum Gasteiger partial charge on any atom is -0.271 e. The van der Waals surface area contributed by atoms with Crippen LogP contribution in [0.4, 0.5) is 8.78 Å². The molecule has 3 N–H and O–H groups in total. The van der Waals surface area contributed by atoms with Gasteiger partial charge in [0.05, 0.1) is 6.04 Å². The first kappa shape index (κ1) is 15.4. The molecular formula is C16H24F2N2. The number of rotatable bonds is 4. The van der Waals surface area contributed by atoms with E-state index >= 15 is 0 Å². The van der Waals surface area contributed by atoms with Crippen molar-refractivity contribution in [2.75, 3.05) is 0 Å². The molecule has 2 rings (SSSR count). The fourth-order valence-corrected chi connectivity index (χ4v) is 3.42. The molecule has 1 aliphatic carbocycles. The summed E-state index contributed by atoms with van der Waals surface area (Å²) in [6.07, 6.45) is 5.39. The number of benzene rings is 1. The Labute approximate surface area is 119 Å². The third-order valence-corrected chi connectivity index (χ3v) is 4.68. The van der Waals surface area contributed by atoms with E-state index in [-0.39, 0.29) is 11.5 Å². The predicted molar refractivity (Wildman–Crippen MR) is 76.9 cm³/mol. The normalized spacial score (nSPS) is 24.6. The van der Waals surface area contributed by atoms with Gasteiger partial charge in [0.2, 0.25) is 0 Å². The van der Waals surface area contributed by atoms with Crippen molar-refractivity contribution in [3.8, 4) is 0 Å². The zero-order valence-electron chi connectivity index (χ0n) is 12.3. The lowest BCUT2D eigenvalue weighted by molar-refractivity contribution is 0.204. The first-order valence-electron chi connectivity index (χ1n) is 7.49. The van der Waals surface area contributed by atoms with Crippen LogP contribution in [0, 0.1) is 30.4 Å². The van der Waals surface area contributed by atoms with Gasteiger partial charge in [-0.25, -0.2) is 8.78 Å². The smallest absolute Gasteiger partial charge is 0.133 e. The maximum absolute atomic E-state index is 14.3. The molecule has 0 radical (unpaired) electrons. The summed E-state index contributed by atoms with van der Waals surface area (Å²) in [7, 11) is 0. The lowest BCUT2D eigenvalue weighted by Gasteiger charge is -2.34. The molecule has 3 unspecified atom stereocenters. The number of hydrogen-bond acceptors (Lipinski definition) is 2. The molecule has 0 aliphatic heterocycles. The van der Waals surface area contributed by atoms with Gasteiger partial charge in [-0.3, -0.25) is 11.3 Å². The van der Waals surface area contributed by atoms with E-state index in [1.807, 2.05) is 0 Å². The van der Waals surface area contributed by atoms with Crippen LogP contribution < -0.4 is 11.3 Å². The quantitative estimate of drug-likeness (QED) is 0.647. The maximum Gasteiger partial charge on any atom is 0.133 e. The molecule has 1 saturated carbocycles. The van der Waals surface area contributed by atoms with Crippen LogP contribution in [0.15, 0.2) is 12.1 Å². The van der Waals surface area contributed by atoms with Gasteiger partial charge in [-0.2, -0.15) is 0 Å². The molecule has 0 saturated heterocycles. The van der Waals surface area contributed by atoms with Gasteiger partial charge in [-0.15, -0.1) is 0 Å². The summed E-state index contributed by atoms with van der Waals surface area (Å²) in [4.78, 5) is 0. The number of halogens is 2. The van der Waals surface area contributed by atoms with Gasteiger partial charge in [0.15, 0.2) is 0 Å². The summed E-state index contributed by atoms with van der Waals surface area (Å²) < 4.78 is 28.4. The van der Waals surface area contributed by atoms with Gasteiger partial charge in [-0.05, 0) is 43.2 Å². The monoisotopic (exact) mass is 282 g/mol. The van der Waals surface area contributed by atoms with E-state index in [1.54, 1.807) is 6.92 Å². The summed E-state index contributed by atoms with van der Waals surface area (Å²) in [5.41, 5.74) is 3.23. The Bertz CT molecular complexity index is 462. The van der Waals surface area contributed by atoms with Gasteiger partial charge in [0.1, 0.15) is 11.6 Å².